The summed E-state index contributed by atoms with van der Waals surface area (Å²) in [4.78, 5) is 10.9. The summed E-state index contributed by atoms with van der Waals surface area (Å²) in [6, 6.07) is 10.7. The molecule has 21 heavy (non-hydrogen) atoms. The van der Waals surface area contributed by atoms with Gasteiger partial charge in [0.15, 0.2) is 5.75 Å². The Morgan fingerprint density at radius 2 is 1.67 bits per heavy atom. The molecule has 1 amide bonds. The molecule has 0 atom stereocenters. The number of benzene rings is 2. The van der Waals surface area contributed by atoms with Crippen molar-refractivity contribution in [2.45, 2.75) is 13.5 Å². The Balaban J connectivity index is 2.01. The van der Waals surface area contributed by atoms with Gasteiger partial charge in [0.25, 0.3) is 0 Å². The summed E-state index contributed by atoms with van der Waals surface area (Å²) in [5.41, 5.74) is 2.50. The van der Waals surface area contributed by atoms with E-state index in [-0.39, 0.29) is 21.7 Å². The van der Waals surface area contributed by atoms with Crippen molar-refractivity contribution >= 4 is 40.5 Å². The molecule has 0 heterocycles. The number of rotatable bonds is 4. The normalized spacial score (nSPS) is 10.2. The highest BCUT2D eigenvalue weighted by Gasteiger charge is 2.06. The van der Waals surface area contributed by atoms with Crippen LogP contribution in [0.3, 0.4) is 0 Å². The summed E-state index contributed by atoms with van der Waals surface area (Å²) in [5.74, 6) is -0.224. The molecule has 0 fully saturated rings. The van der Waals surface area contributed by atoms with E-state index < -0.39 is 0 Å². The maximum absolute atomic E-state index is 10.9. The molecule has 0 saturated heterocycles. The minimum Gasteiger partial charge on any atom is -0.505 e. The molecule has 0 spiro atoms. The van der Waals surface area contributed by atoms with Gasteiger partial charge in [-0.15, -0.1) is 0 Å². The first kappa shape index (κ1) is 15.5. The van der Waals surface area contributed by atoms with Gasteiger partial charge >= 0.3 is 0 Å². The van der Waals surface area contributed by atoms with Crippen LogP contribution in [-0.2, 0) is 11.3 Å². The van der Waals surface area contributed by atoms with E-state index in [0.29, 0.717) is 12.2 Å². The highest BCUT2D eigenvalue weighted by atomic mass is 35.5. The molecular formula is C15H14Cl2N2O2. The van der Waals surface area contributed by atoms with Crippen molar-refractivity contribution in [3.05, 3.63) is 52.0 Å². The quantitative estimate of drug-likeness (QED) is 0.736. The van der Waals surface area contributed by atoms with Crippen LogP contribution in [0.1, 0.15) is 12.5 Å². The molecule has 0 aliphatic rings. The van der Waals surface area contributed by atoms with Gasteiger partial charge in [0.1, 0.15) is 0 Å². The third-order valence-corrected chi connectivity index (χ3v) is 3.36. The first-order valence-corrected chi connectivity index (χ1v) is 6.99. The van der Waals surface area contributed by atoms with E-state index in [9.17, 15) is 9.90 Å². The lowest BCUT2D eigenvalue weighted by atomic mass is 10.2. The highest BCUT2D eigenvalue weighted by molar-refractivity contribution is 6.37. The Morgan fingerprint density at radius 3 is 2.19 bits per heavy atom. The lowest BCUT2D eigenvalue weighted by Crippen LogP contribution is -2.06. The predicted molar refractivity (Wildman–Crippen MR) is 86.2 cm³/mol. The van der Waals surface area contributed by atoms with Crippen LogP contribution < -0.4 is 10.6 Å². The van der Waals surface area contributed by atoms with Crippen LogP contribution in [0.15, 0.2) is 36.4 Å². The van der Waals surface area contributed by atoms with Gasteiger partial charge in [0.05, 0.1) is 10.0 Å². The van der Waals surface area contributed by atoms with Crippen molar-refractivity contribution in [3.63, 3.8) is 0 Å². The molecule has 0 unspecified atom stereocenters. The van der Waals surface area contributed by atoms with E-state index in [4.69, 9.17) is 23.2 Å². The molecule has 0 bridgehead atoms. The number of hydrogen-bond donors (Lipinski definition) is 3. The van der Waals surface area contributed by atoms with Crippen molar-refractivity contribution in [2.75, 3.05) is 10.6 Å². The smallest absolute Gasteiger partial charge is 0.221 e. The van der Waals surface area contributed by atoms with Crippen molar-refractivity contribution in [1.82, 2.24) is 0 Å². The largest absolute Gasteiger partial charge is 0.505 e. The van der Waals surface area contributed by atoms with Crippen molar-refractivity contribution in [1.29, 1.82) is 0 Å². The summed E-state index contributed by atoms with van der Waals surface area (Å²) in [5, 5.41) is 15.8. The molecule has 2 aromatic carbocycles. The average molecular weight is 325 g/mol. The fourth-order valence-electron chi connectivity index (χ4n) is 1.78. The summed E-state index contributed by atoms with van der Waals surface area (Å²) in [6.45, 7) is 2.03. The number of carbonyl (C=O) groups is 1. The lowest BCUT2D eigenvalue weighted by Gasteiger charge is -2.09. The number of carbonyl (C=O) groups excluding carboxylic acids is 1. The number of aromatic hydroxyl groups is 1. The Bertz CT molecular complexity index is 634. The Kier molecular flexibility index (Phi) is 4.94. The van der Waals surface area contributed by atoms with Crippen molar-refractivity contribution in [2.24, 2.45) is 0 Å². The van der Waals surface area contributed by atoms with Gasteiger partial charge in [0.2, 0.25) is 5.91 Å². The fourth-order valence-corrected chi connectivity index (χ4v) is 2.27. The Labute approximate surface area is 132 Å². The topological polar surface area (TPSA) is 61.4 Å². The zero-order valence-electron chi connectivity index (χ0n) is 11.3. The van der Waals surface area contributed by atoms with E-state index >= 15 is 0 Å². The number of amides is 1. The highest BCUT2D eigenvalue weighted by Crippen LogP contribution is 2.34. The monoisotopic (exact) mass is 324 g/mol. The maximum Gasteiger partial charge on any atom is 0.221 e. The molecule has 0 aliphatic heterocycles. The predicted octanol–water partition coefficient (Wildman–Crippen LogP) is 4.27. The molecular weight excluding hydrogens is 311 g/mol. The Morgan fingerprint density at radius 1 is 1.10 bits per heavy atom. The van der Waals surface area contributed by atoms with Crippen LogP contribution in [0.5, 0.6) is 5.75 Å². The maximum atomic E-state index is 10.9. The third kappa shape index (κ3) is 4.28. The molecule has 0 aliphatic carbocycles. The third-order valence-electron chi connectivity index (χ3n) is 2.79. The van der Waals surface area contributed by atoms with E-state index in [1.807, 2.05) is 24.3 Å². The molecule has 0 radical (unpaired) electrons. The van der Waals surface area contributed by atoms with Crippen LogP contribution in [0.4, 0.5) is 11.4 Å². The van der Waals surface area contributed by atoms with Gasteiger partial charge in [-0.2, -0.15) is 0 Å². The standard InChI is InChI=1S/C15H14Cl2N2O2/c1-9(20)19-11-4-2-10(3-5-11)8-18-12-6-13(16)15(21)14(17)7-12/h2-7,18,21H,8H2,1H3,(H,19,20). The van der Waals surface area contributed by atoms with E-state index in [0.717, 1.165) is 11.3 Å². The second-order valence-electron chi connectivity index (χ2n) is 4.52. The van der Waals surface area contributed by atoms with Crippen LogP contribution in [0, 0.1) is 0 Å². The SMILES string of the molecule is CC(=O)Nc1ccc(CNc2cc(Cl)c(O)c(Cl)c2)cc1. The zero-order valence-corrected chi connectivity index (χ0v) is 12.8. The zero-order chi connectivity index (χ0) is 15.4. The van der Waals surface area contributed by atoms with Crippen LogP contribution in [0.2, 0.25) is 10.0 Å². The molecule has 0 aromatic heterocycles. The molecule has 2 rings (SSSR count). The van der Waals surface area contributed by atoms with Gasteiger partial charge in [-0.3, -0.25) is 4.79 Å². The number of phenols is 1. The Hall–Kier alpha value is -1.91. The van der Waals surface area contributed by atoms with Crippen LogP contribution in [-0.4, -0.2) is 11.0 Å². The minimum absolute atomic E-state index is 0.103. The fraction of sp³-hybridized carbons (Fsp3) is 0.133. The number of hydrogen-bond acceptors (Lipinski definition) is 3. The van der Waals surface area contributed by atoms with Crippen molar-refractivity contribution in [3.8, 4) is 5.75 Å². The second kappa shape index (κ2) is 6.70. The summed E-state index contributed by atoms with van der Waals surface area (Å²) >= 11 is 11.7. The van der Waals surface area contributed by atoms with Gasteiger partial charge < -0.3 is 15.7 Å². The van der Waals surface area contributed by atoms with Gasteiger partial charge in [0, 0.05) is 24.8 Å². The molecule has 110 valence electrons. The van der Waals surface area contributed by atoms with E-state index in [1.165, 1.54) is 6.92 Å². The number of anilines is 2. The summed E-state index contributed by atoms with van der Waals surface area (Å²) < 4.78 is 0. The molecule has 2 aromatic rings. The van der Waals surface area contributed by atoms with Gasteiger partial charge in [-0.05, 0) is 29.8 Å². The lowest BCUT2D eigenvalue weighted by molar-refractivity contribution is -0.114. The number of phenolic OH excluding ortho intramolecular Hbond substituents is 1. The molecule has 4 nitrogen and oxygen atoms in total. The number of nitrogens with one attached hydrogen (secondary N) is 2. The van der Waals surface area contributed by atoms with Gasteiger partial charge in [-0.25, -0.2) is 0 Å². The average Bonchev–Trinajstić information content (AvgIpc) is 2.43. The number of halogens is 2. The van der Waals surface area contributed by atoms with E-state index in [2.05, 4.69) is 10.6 Å². The first-order valence-electron chi connectivity index (χ1n) is 6.24. The minimum atomic E-state index is -0.122. The van der Waals surface area contributed by atoms with Crippen LogP contribution in [0.25, 0.3) is 0 Å². The summed E-state index contributed by atoms with van der Waals surface area (Å²) in [7, 11) is 0. The van der Waals surface area contributed by atoms with E-state index in [1.54, 1.807) is 12.1 Å². The molecule has 6 heteroatoms. The first-order chi connectivity index (χ1) is 9.95. The molecule has 3 N–H and O–H groups in total. The molecule has 0 saturated carbocycles. The second-order valence-corrected chi connectivity index (χ2v) is 5.33. The summed E-state index contributed by atoms with van der Waals surface area (Å²) in [6.07, 6.45) is 0. The van der Waals surface area contributed by atoms with Crippen molar-refractivity contribution < 1.29 is 9.90 Å². The van der Waals surface area contributed by atoms with Crippen LogP contribution >= 0.6 is 23.2 Å². The van der Waals surface area contributed by atoms with Gasteiger partial charge in [-0.1, -0.05) is 35.3 Å².